The molecule has 5 rings (SSSR count). The number of nitrogens with one attached hydrogen (secondary N) is 1. The first kappa shape index (κ1) is 17.7. The van der Waals surface area contributed by atoms with Crippen LogP contribution in [0.2, 0.25) is 0 Å². The topological polar surface area (TPSA) is 56.8 Å². The zero-order chi connectivity index (χ0) is 20.2. The predicted octanol–water partition coefficient (Wildman–Crippen LogP) is 4.42. The first-order chi connectivity index (χ1) is 13.9. The summed E-state index contributed by atoms with van der Waals surface area (Å²) in [7, 11) is 0. The summed E-state index contributed by atoms with van der Waals surface area (Å²) in [5.74, 6) is 0.680. The number of amides is 1. The van der Waals surface area contributed by atoms with E-state index >= 15 is 0 Å². The molecule has 0 aliphatic carbocycles. The molecule has 0 unspecified atom stereocenters. The zero-order valence-corrected chi connectivity index (χ0v) is 14.9. The van der Waals surface area contributed by atoms with Crippen LogP contribution in [0.15, 0.2) is 42.5 Å². The molecular formula is C21H14F3NO4. The Labute approximate surface area is 163 Å². The molecule has 29 heavy (non-hydrogen) atoms. The maximum Gasteiger partial charge on any atom is 0.573 e. The van der Waals surface area contributed by atoms with Crippen molar-refractivity contribution in [2.45, 2.75) is 12.8 Å². The van der Waals surface area contributed by atoms with Crippen molar-refractivity contribution < 1.29 is 32.2 Å². The molecule has 8 heteroatoms. The Hall–Kier alpha value is -3.42. The smallest absolute Gasteiger partial charge is 0.454 e. The van der Waals surface area contributed by atoms with Gasteiger partial charge in [-0.1, -0.05) is 18.2 Å². The molecule has 0 bridgehead atoms. The number of hydrogen-bond donors (Lipinski definition) is 1. The third-order valence-corrected chi connectivity index (χ3v) is 5.03. The molecule has 2 aliphatic heterocycles. The number of hydrogen-bond acceptors (Lipinski definition) is 4. The fourth-order valence-electron chi connectivity index (χ4n) is 3.89. The van der Waals surface area contributed by atoms with E-state index in [4.69, 9.17) is 9.47 Å². The second-order valence-corrected chi connectivity index (χ2v) is 6.75. The summed E-state index contributed by atoms with van der Waals surface area (Å²) in [5.41, 5.74) is 2.80. The standard InChI is InChI=1S/C21H14F3NO4/c22-21(23,24)29-13-4-1-11(2-5-13)17-14-7-8-25-20(26)15(14)9-12-3-6-16-19(18(12)17)28-10-27-16/h1-6,9H,7-8,10H2,(H,25,26). The Kier molecular flexibility index (Phi) is 3.84. The summed E-state index contributed by atoms with van der Waals surface area (Å²) >= 11 is 0. The van der Waals surface area contributed by atoms with Gasteiger partial charge in [0, 0.05) is 17.5 Å². The molecule has 0 saturated heterocycles. The average molecular weight is 401 g/mol. The fourth-order valence-corrected chi connectivity index (χ4v) is 3.89. The van der Waals surface area contributed by atoms with E-state index in [2.05, 4.69) is 10.1 Å². The van der Waals surface area contributed by atoms with Crippen LogP contribution >= 0.6 is 0 Å². The SMILES string of the molecule is O=C1NCCc2c1cc1ccc3c(c1c2-c1ccc(OC(F)(F)F)cc1)OCO3. The lowest BCUT2D eigenvalue weighted by Gasteiger charge is -2.23. The lowest BCUT2D eigenvalue weighted by Crippen LogP contribution is -2.32. The largest absolute Gasteiger partial charge is 0.573 e. The number of ether oxygens (including phenoxy) is 3. The molecule has 0 spiro atoms. The molecule has 0 radical (unpaired) electrons. The molecule has 0 fully saturated rings. The third-order valence-electron chi connectivity index (χ3n) is 5.03. The molecule has 148 valence electrons. The van der Waals surface area contributed by atoms with Crippen LogP contribution in [0.5, 0.6) is 17.2 Å². The van der Waals surface area contributed by atoms with E-state index < -0.39 is 6.36 Å². The van der Waals surface area contributed by atoms with Crippen LogP contribution in [0.25, 0.3) is 21.9 Å². The molecule has 0 atom stereocenters. The van der Waals surface area contributed by atoms with Gasteiger partial charge in [-0.05, 0) is 52.8 Å². The van der Waals surface area contributed by atoms with Crippen LogP contribution in [0.1, 0.15) is 15.9 Å². The van der Waals surface area contributed by atoms with Gasteiger partial charge in [0.2, 0.25) is 6.79 Å². The number of fused-ring (bicyclic) bond motifs is 4. The van der Waals surface area contributed by atoms with Crippen molar-refractivity contribution in [1.29, 1.82) is 0 Å². The number of carbonyl (C=O) groups excluding carboxylic acids is 1. The molecule has 3 aromatic rings. The number of rotatable bonds is 2. The van der Waals surface area contributed by atoms with Crippen LogP contribution in [0.3, 0.4) is 0 Å². The maximum atomic E-state index is 12.5. The number of carbonyl (C=O) groups is 1. The maximum absolute atomic E-state index is 12.5. The number of benzene rings is 3. The summed E-state index contributed by atoms with van der Waals surface area (Å²) < 4.78 is 52.6. The first-order valence-corrected chi connectivity index (χ1v) is 8.93. The molecule has 0 saturated carbocycles. The van der Waals surface area contributed by atoms with Gasteiger partial charge in [-0.3, -0.25) is 4.79 Å². The van der Waals surface area contributed by atoms with Gasteiger partial charge in [0.25, 0.3) is 5.91 Å². The van der Waals surface area contributed by atoms with Gasteiger partial charge >= 0.3 is 6.36 Å². The number of halogens is 3. The normalized spacial score (nSPS) is 15.2. The lowest BCUT2D eigenvalue weighted by atomic mass is 9.86. The van der Waals surface area contributed by atoms with E-state index in [0.29, 0.717) is 35.6 Å². The highest BCUT2D eigenvalue weighted by molar-refractivity contribution is 6.10. The van der Waals surface area contributed by atoms with Crippen molar-refractivity contribution in [3.8, 4) is 28.4 Å². The minimum atomic E-state index is -4.76. The summed E-state index contributed by atoms with van der Waals surface area (Å²) in [6, 6.07) is 11.1. The number of alkyl halides is 3. The first-order valence-electron chi connectivity index (χ1n) is 8.93. The molecule has 3 aromatic carbocycles. The van der Waals surface area contributed by atoms with Crippen molar-refractivity contribution in [1.82, 2.24) is 5.32 Å². The van der Waals surface area contributed by atoms with Gasteiger partial charge in [0.05, 0.1) is 0 Å². The molecule has 1 amide bonds. The van der Waals surface area contributed by atoms with E-state index in [0.717, 1.165) is 21.9 Å². The van der Waals surface area contributed by atoms with E-state index in [1.807, 2.05) is 12.1 Å². The van der Waals surface area contributed by atoms with Crippen LogP contribution in [-0.4, -0.2) is 25.6 Å². The highest BCUT2D eigenvalue weighted by atomic mass is 19.4. The fraction of sp³-hybridized carbons (Fsp3) is 0.190. The predicted molar refractivity (Wildman–Crippen MR) is 98.2 cm³/mol. The van der Waals surface area contributed by atoms with E-state index in [9.17, 15) is 18.0 Å². The monoisotopic (exact) mass is 401 g/mol. The van der Waals surface area contributed by atoms with Crippen LogP contribution in [-0.2, 0) is 6.42 Å². The van der Waals surface area contributed by atoms with Crippen molar-refractivity contribution in [3.05, 3.63) is 53.6 Å². The van der Waals surface area contributed by atoms with Crippen LogP contribution < -0.4 is 19.5 Å². The Bertz CT molecular complexity index is 1140. The van der Waals surface area contributed by atoms with Gasteiger partial charge in [0.1, 0.15) is 5.75 Å². The second-order valence-electron chi connectivity index (χ2n) is 6.75. The highest BCUT2D eigenvalue weighted by Crippen LogP contribution is 2.46. The van der Waals surface area contributed by atoms with E-state index in [-0.39, 0.29) is 18.4 Å². The zero-order valence-electron chi connectivity index (χ0n) is 14.9. The summed E-state index contributed by atoms with van der Waals surface area (Å²) in [6.07, 6.45) is -4.16. The molecule has 0 aromatic heterocycles. The van der Waals surface area contributed by atoms with Gasteiger partial charge in [-0.2, -0.15) is 0 Å². The Balaban J connectivity index is 1.75. The van der Waals surface area contributed by atoms with Crippen molar-refractivity contribution in [2.75, 3.05) is 13.3 Å². The van der Waals surface area contributed by atoms with Crippen LogP contribution in [0, 0.1) is 0 Å². The van der Waals surface area contributed by atoms with Crippen molar-refractivity contribution >= 4 is 16.7 Å². The molecular weight excluding hydrogens is 387 g/mol. The molecule has 1 N–H and O–H groups in total. The van der Waals surface area contributed by atoms with E-state index in [1.54, 1.807) is 18.2 Å². The van der Waals surface area contributed by atoms with Gasteiger partial charge in [-0.25, -0.2) is 0 Å². The van der Waals surface area contributed by atoms with Gasteiger partial charge in [-0.15, -0.1) is 13.2 Å². The minimum Gasteiger partial charge on any atom is -0.454 e. The van der Waals surface area contributed by atoms with Crippen molar-refractivity contribution in [2.24, 2.45) is 0 Å². The average Bonchev–Trinajstić information content (AvgIpc) is 3.15. The second kappa shape index (κ2) is 6.30. The highest BCUT2D eigenvalue weighted by Gasteiger charge is 2.31. The Morgan fingerprint density at radius 3 is 2.59 bits per heavy atom. The third kappa shape index (κ3) is 3.00. The van der Waals surface area contributed by atoms with Gasteiger partial charge in [0.15, 0.2) is 11.5 Å². The Morgan fingerprint density at radius 2 is 1.83 bits per heavy atom. The van der Waals surface area contributed by atoms with Crippen LogP contribution in [0.4, 0.5) is 13.2 Å². The summed E-state index contributed by atoms with van der Waals surface area (Å²) in [5, 5.41) is 4.39. The quantitative estimate of drug-likeness (QED) is 0.691. The minimum absolute atomic E-state index is 0.0871. The molecule has 5 nitrogen and oxygen atoms in total. The molecule has 2 heterocycles. The Morgan fingerprint density at radius 1 is 1.03 bits per heavy atom. The lowest BCUT2D eigenvalue weighted by molar-refractivity contribution is -0.274. The van der Waals surface area contributed by atoms with Crippen molar-refractivity contribution in [3.63, 3.8) is 0 Å². The summed E-state index contributed by atoms with van der Waals surface area (Å²) in [4.78, 5) is 12.4. The van der Waals surface area contributed by atoms with E-state index in [1.165, 1.54) is 12.1 Å². The van der Waals surface area contributed by atoms with Gasteiger partial charge < -0.3 is 19.5 Å². The molecule has 2 aliphatic rings. The summed E-state index contributed by atoms with van der Waals surface area (Å²) in [6.45, 7) is 0.565.